The highest BCUT2D eigenvalue weighted by molar-refractivity contribution is 7.89. The molecule has 0 unspecified atom stereocenters. The molecule has 0 aliphatic heterocycles. The van der Waals surface area contributed by atoms with E-state index in [1.807, 2.05) is 0 Å². The standard InChI is InChI=1S/C23H29F4N5O4S/c1-13(2)32-37(34,35)18-6-7-20(19(24)9-18)31-21-28-11-16(12-29-21)15-4-5-17(8-15)36-22(33)30-14(3)10-23(25,26)27/h6-7,9,11-15,17,32H,4-5,8,10H2,1-3H3,(H,30,33)(H,28,29,31)/t14-,15-,17+/m0/s1. The van der Waals surface area contributed by atoms with Crippen LogP contribution in [-0.4, -0.2) is 48.8 Å². The summed E-state index contributed by atoms with van der Waals surface area (Å²) in [6.45, 7) is 4.57. The van der Waals surface area contributed by atoms with Crippen molar-refractivity contribution in [3.8, 4) is 0 Å². The van der Waals surface area contributed by atoms with Gasteiger partial charge in [-0.15, -0.1) is 0 Å². The number of aromatic nitrogens is 2. The van der Waals surface area contributed by atoms with Gasteiger partial charge in [0.05, 0.1) is 17.0 Å². The topological polar surface area (TPSA) is 122 Å². The summed E-state index contributed by atoms with van der Waals surface area (Å²) in [6, 6.07) is 2.01. The number of alkyl carbamates (subject to hydrolysis) is 1. The van der Waals surface area contributed by atoms with Gasteiger partial charge in [-0.05, 0) is 69.7 Å². The molecule has 0 saturated heterocycles. The third-order valence-corrected chi connectivity index (χ3v) is 7.25. The number of nitrogens with zero attached hydrogens (tertiary/aromatic N) is 2. The van der Waals surface area contributed by atoms with Crippen molar-refractivity contribution in [1.82, 2.24) is 20.0 Å². The lowest BCUT2D eigenvalue weighted by atomic mass is 10.0. The van der Waals surface area contributed by atoms with Crippen LogP contribution in [0.1, 0.15) is 57.9 Å². The van der Waals surface area contributed by atoms with E-state index in [4.69, 9.17) is 4.74 Å². The molecule has 204 valence electrons. The van der Waals surface area contributed by atoms with Crippen LogP contribution in [0.15, 0.2) is 35.5 Å². The predicted molar refractivity (Wildman–Crippen MR) is 127 cm³/mol. The van der Waals surface area contributed by atoms with Gasteiger partial charge in [0.2, 0.25) is 16.0 Å². The monoisotopic (exact) mass is 547 g/mol. The molecule has 1 fully saturated rings. The second-order valence-corrected chi connectivity index (χ2v) is 11.0. The lowest BCUT2D eigenvalue weighted by Gasteiger charge is -2.18. The van der Waals surface area contributed by atoms with E-state index in [-0.39, 0.29) is 28.5 Å². The Morgan fingerprint density at radius 3 is 2.43 bits per heavy atom. The molecule has 3 atom stereocenters. The molecular formula is C23H29F4N5O4S. The van der Waals surface area contributed by atoms with Gasteiger partial charge in [-0.2, -0.15) is 13.2 Å². The number of nitrogens with one attached hydrogen (secondary N) is 3. The molecule has 37 heavy (non-hydrogen) atoms. The molecule has 0 bridgehead atoms. The molecule has 14 heteroatoms. The van der Waals surface area contributed by atoms with Crippen LogP contribution in [0, 0.1) is 5.82 Å². The zero-order valence-electron chi connectivity index (χ0n) is 20.5. The molecule has 3 rings (SSSR count). The fourth-order valence-corrected chi connectivity index (χ4v) is 5.27. The van der Waals surface area contributed by atoms with Gasteiger partial charge in [0.1, 0.15) is 11.9 Å². The number of halogens is 4. The van der Waals surface area contributed by atoms with Crippen LogP contribution < -0.4 is 15.4 Å². The summed E-state index contributed by atoms with van der Waals surface area (Å²) in [5.41, 5.74) is 0.764. The first-order valence-electron chi connectivity index (χ1n) is 11.7. The summed E-state index contributed by atoms with van der Waals surface area (Å²) in [5.74, 6) is -0.713. The molecule has 1 aromatic carbocycles. The zero-order valence-corrected chi connectivity index (χ0v) is 21.3. The van der Waals surface area contributed by atoms with Crippen molar-refractivity contribution in [1.29, 1.82) is 0 Å². The summed E-state index contributed by atoms with van der Waals surface area (Å²) < 4.78 is 83.8. The summed E-state index contributed by atoms with van der Waals surface area (Å²) >= 11 is 0. The number of carbonyl (C=O) groups is 1. The minimum absolute atomic E-state index is 0.00339. The van der Waals surface area contributed by atoms with E-state index in [1.165, 1.54) is 19.1 Å². The quantitative estimate of drug-likeness (QED) is 0.387. The van der Waals surface area contributed by atoms with Crippen LogP contribution in [0.25, 0.3) is 0 Å². The highest BCUT2D eigenvalue weighted by atomic mass is 32.2. The lowest BCUT2D eigenvalue weighted by molar-refractivity contribution is -0.138. The molecule has 1 saturated carbocycles. The number of alkyl halides is 3. The van der Waals surface area contributed by atoms with Gasteiger partial charge in [0.15, 0.2) is 0 Å². The molecule has 1 heterocycles. The Morgan fingerprint density at radius 1 is 1.16 bits per heavy atom. The number of anilines is 2. The van der Waals surface area contributed by atoms with Crippen LogP contribution >= 0.6 is 0 Å². The normalized spacial score (nSPS) is 19.0. The Kier molecular flexibility index (Phi) is 8.95. The fraction of sp³-hybridized carbons (Fsp3) is 0.522. The lowest BCUT2D eigenvalue weighted by Crippen LogP contribution is -2.37. The Balaban J connectivity index is 1.54. The third-order valence-electron chi connectivity index (χ3n) is 5.59. The van der Waals surface area contributed by atoms with E-state index in [2.05, 4.69) is 25.3 Å². The SMILES string of the molecule is CC(C)NS(=O)(=O)c1ccc(Nc2ncc([C@H]3CC[C@@H](OC(=O)N[C@@H](C)CC(F)(F)F)C3)cn2)c(F)c1. The molecule has 1 aromatic heterocycles. The number of ether oxygens (including phenoxy) is 1. The first kappa shape index (κ1) is 28.6. The average molecular weight is 548 g/mol. The Morgan fingerprint density at radius 2 is 1.84 bits per heavy atom. The molecule has 1 amide bonds. The molecule has 3 N–H and O–H groups in total. The Bertz CT molecular complexity index is 1190. The van der Waals surface area contributed by atoms with Gasteiger partial charge in [0.25, 0.3) is 0 Å². The van der Waals surface area contributed by atoms with Crippen molar-refractivity contribution in [2.45, 2.75) is 81.6 Å². The van der Waals surface area contributed by atoms with E-state index in [0.29, 0.717) is 19.3 Å². The second kappa shape index (κ2) is 11.6. The van der Waals surface area contributed by atoms with Gasteiger partial charge in [-0.1, -0.05) is 0 Å². The summed E-state index contributed by atoms with van der Waals surface area (Å²) in [7, 11) is -3.84. The number of sulfonamides is 1. The van der Waals surface area contributed by atoms with Crippen molar-refractivity contribution in [3.63, 3.8) is 0 Å². The average Bonchev–Trinajstić information content (AvgIpc) is 3.21. The van der Waals surface area contributed by atoms with E-state index < -0.39 is 46.7 Å². The smallest absolute Gasteiger partial charge is 0.407 e. The van der Waals surface area contributed by atoms with Crippen molar-refractivity contribution in [3.05, 3.63) is 42.0 Å². The number of rotatable bonds is 9. The predicted octanol–water partition coefficient (Wildman–Crippen LogP) is 4.75. The Hall–Kier alpha value is -3.00. The first-order chi connectivity index (χ1) is 17.2. The van der Waals surface area contributed by atoms with Crippen LogP contribution in [0.4, 0.5) is 34.0 Å². The number of hydrogen-bond acceptors (Lipinski definition) is 7. The summed E-state index contributed by atoms with van der Waals surface area (Å²) in [5, 5.41) is 4.90. The molecule has 0 spiro atoms. The molecule has 1 aliphatic carbocycles. The van der Waals surface area contributed by atoms with Crippen molar-refractivity contribution < 1.29 is 35.5 Å². The third kappa shape index (κ3) is 8.52. The molecule has 1 aliphatic rings. The maximum atomic E-state index is 14.5. The first-order valence-corrected chi connectivity index (χ1v) is 13.1. The molecule has 9 nitrogen and oxygen atoms in total. The van der Waals surface area contributed by atoms with Gasteiger partial charge in [-0.3, -0.25) is 0 Å². The minimum atomic E-state index is -4.38. The maximum absolute atomic E-state index is 14.5. The van der Waals surface area contributed by atoms with E-state index >= 15 is 0 Å². The summed E-state index contributed by atoms with van der Waals surface area (Å²) in [4.78, 5) is 20.1. The fourth-order valence-electron chi connectivity index (χ4n) is 4.01. The van der Waals surface area contributed by atoms with E-state index in [1.54, 1.807) is 26.2 Å². The largest absolute Gasteiger partial charge is 0.446 e. The van der Waals surface area contributed by atoms with Crippen LogP contribution in [0.5, 0.6) is 0 Å². The highest BCUT2D eigenvalue weighted by Gasteiger charge is 2.32. The number of hydrogen-bond donors (Lipinski definition) is 3. The summed E-state index contributed by atoms with van der Waals surface area (Å²) in [6.07, 6.45) is -2.09. The van der Waals surface area contributed by atoms with E-state index in [0.717, 1.165) is 11.6 Å². The zero-order chi connectivity index (χ0) is 27.4. The van der Waals surface area contributed by atoms with Crippen molar-refractivity contribution in [2.24, 2.45) is 0 Å². The van der Waals surface area contributed by atoms with Crippen molar-refractivity contribution in [2.75, 3.05) is 5.32 Å². The van der Waals surface area contributed by atoms with E-state index in [9.17, 15) is 30.8 Å². The van der Waals surface area contributed by atoms with Gasteiger partial charge in [-0.25, -0.2) is 32.3 Å². The van der Waals surface area contributed by atoms with Crippen LogP contribution in [-0.2, 0) is 14.8 Å². The molecular weight excluding hydrogens is 518 g/mol. The number of carbonyl (C=O) groups excluding carboxylic acids is 1. The number of amides is 1. The van der Waals surface area contributed by atoms with Crippen LogP contribution in [0.3, 0.4) is 0 Å². The Labute approximate surface area is 212 Å². The molecule has 0 radical (unpaired) electrons. The highest BCUT2D eigenvalue weighted by Crippen LogP contribution is 2.36. The van der Waals surface area contributed by atoms with Gasteiger partial charge < -0.3 is 15.4 Å². The molecule has 2 aromatic rings. The second-order valence-electron chi connectivity index (χ2n) is 9.28. The number of benzene rings is 1. The van der Waals surface area contributed by atoms with Crippen molar-refractivity contribution >= 4 is 27.8 Å². The van der Waals surface area contributed by atoms with Gasteiger partial charge in [0, 0.05) is 24.5 Å². The van der Waals surface area contributed by atoms with Gasteiger partial charge >= 0.3 is 12.3 Å². The maximum Gasteiger partial charge on any atom is 0.407 e. The van der Waals surface area contributed by atoms with Crippen LogP contribution in [0.2, 0.25) is 0 Å². The minimum Gasteiger partial charge on any atom is -0.446 e.